The molecule has 0 radical (unpaired) electrons. The van der Waals surface area contributed by atoms with Gasteiger partial charge in [-0.15, -0.1) is 10.2 Å². The fraction of sp³-hybridized carbons (Fsp3) is 0.200. The molecule has 0 saturated carbocycles. The van der Waals surface area contributed by atoms with E-state index in [0.29, 0.717) is 23.8 Å². The number of nitrogens with one attached hydrogen (secondary N) is 2. The number of ether oxygens (including phenoxy) is 2. The minimum Gasteiger partial charge on any atom is -0.497 e. The molecule has 9 nitrogen and oxygen atoms in total. The molecule has 0 aliphatic rings. The van der Waals surface area contributed by atoms with Crippen molar-refractivity contribution in [3.05, 3.63) is 65.5 Å². The molecule has 1 heterocycles. The molecule has 10 heteroatoms. The van der Waals surface area contributed by atoms with Gasteiger partial charge in [0.05, 0.1) is 26.4 Å². The lowest BCUT2D eigenvalue weighted by Crippen LogP contribution is -2.42. The highest BCUT2D eigenvalue weighted by molar-refractivity contribution is 7.99. The zero-order valence-corrected chi connectivity index (χ0v) is 17.2. The third kappa shape index (κ3) is 5.98. The normalized spacial score (nSPS) is 10.3. The van der Waals surface area contributed by atoms with E-state index in [9.17, 15) is 9.59 Å². The number of carbonyl (C=O) groups excluding carboxylic acids is 2. The summed E-state index contributed by atoms with van der Waals surface area (Å²) < 4.78 is 15.8. The first kappa shape index (κ1) is 21.2. The average Bonchev–Trinajstić information content (AvgIpc) is 3.23. The minimum atomic E-state index is -0.506. The maximum absolute atomic E-state index is 12.3. The number of hydrogen-bond donors (Lipinski definition) is 2. The van der Waals surface area contributed by atoms with E-state index in [0.717, 1.165) is 17.3 Å². The van der Waals surface area contributed by atoms with Gasteiger partial charge in [-0.05, 0) is 17.7 Å². The van der Waals surface area contributed by atoms with Crippen LogP contribution in [0, 0.1) is 0 Å². The highest BCUT2D eigenvalue weighted by atomic mass is 32.2. The van der Waals surface area contributed by atoms with Crippen LogP contribution in [0.3, 0.4) is 0 Å². The molecule has 30 heavy (non-hydrogen) atoms. The molecule has 3 rings (SSSR count). The van der Waals surface area contributed by atoms with E-state index in [1.807, 2.05) is 30.3 Å². The van der Waals surface area contributed by atoms with E-state index in [1.165, 1.54) is 26.4 Å². The van der Waals surface area contributed by atoms with Crippen molar-refractivity contribution < 1.29 is 23.5 Å². The molecular formula is C20H20N4O5S. The molecule has 0 bridgehead atoms. The highest BCUT2D eigenvalue weighted by Crippen LogP contribution is 2.22. The molecule has 0 atom stereocenters. The molecular weight excluding hydrogens is 408 g/mol. The van der Waals surface area contributed by atoms with Gasteiger partial charge in [-0.2, -0.15) is 0 Å². The number of rotatable bonds is 8. The molecule has 3 aromatic rings. The molecule has 2 amide bonds. The fourth-order valence-corrected chi connectivity index (χ4v) is 3.02. The average molecular weight is 428 g/mol. The van der Waals surface area contributed by atoms with Crippen molar-refractivity contribution in [3.63, 3.8) is 0 Å². The van der Waals surface area contributed by atoms with Crippen LogP contribution in [0.4, 0.5) is 0 Å². The van der Waals surface area contributed by atoms with Crippen molar-refractivity contribution in [1.29, 1.82) is 0 Å². The second-order valence-corrected chi connectivity index (χ2v) is 6.94. The molecule has 0 spiro atoms. The van der Waals surface area contributed by atoms with Crippen LogP contribution in [-0.2, 0) is 11.2 Å². The van der Waals surface area contributed by atoms with Crippen molar-refractivity contribution in [2.24, 2.45) is 0 Å². The highest BCUT2D eigenvalue weighted by Gasteiger charge is 2.13. The van der Waals surface area contributed by atoms with Gasteiger partial charge in [0.25, 0.3) is 11.1 Å². The number of amides is 2. The summed E-state index contributed by atoms with van der Waals surface area (Å²) in [5.41, 5.74) is 6.02. The molecule has 0 aliphatic carbocycles. The van der Waals surface area contributed by atoms with E-state index >= 15 is 0 Å². The maximum atomic E-state index is 12.3. The van der Waals surface area contributed by atoms with Crippen LogP contribution in [0.25, 0.3) is 0 Å². The number of aromatic nitrogens is 2. The molecule has 0 unspecified atom stereocenters. The third-order valence-electron chi connectivity index (χ3n) is 3.90. The Morgan fingerprint density at radius 1 is 1.00 bits per heavy atom. The summed E-state index contributed by atoms with van der Waals surface area (Å²) in [6.07, 6.45) is 0.515. The minimum absolute atomic E-state index is 0.00528. The van der Waals surface area contributed by atoms with E-state index in [2.05, 4.69) is 21.0 Å². The number of carbonyl (C=O) groups is 2. The number of methoxy groups -OCH3 is 2. The monoisotopic (exact) mass is 428 g/mol. The predicted octanol–water partition coefficient (Wildman–Crippen LogP) is 2.23. The number of benzene rings is 2. The predicted molar refractivity (Wildman–Crippen MR) is 109 cm³/mol. The van der Waals surface area contributed by atoms with Gasteiger partial charge in [0.2, 0.25) is 11.8 Å². The van der Waals surface area contributed by atoms with E-state index < -0.39 is 11.8 Å². The first-order chi connectivity index (χ1) is 14.6. The van der Waals surface area contributed by atoms with Crippen LogP contribution in [0.5, 0.6) is 11.5 Å². The number of nitrogens with zero attached hydrogens (tertiary/aromatic N) is 2. The number of hydrogen-bond acceptors (Lipinski definition) is 8. The molecule has 0 saturated heterocycles. The molecule has 1 aromatic heterocycles. The van der Waals surface area contributed by atoms with Crippen LogP contribution in [0.2, 0.25) is 0 Å². The molecule has 0 aliphatic heterocycles. The largest absolute Gasteiger partial charge is 0.497 e. The van der Waals surface area contributed by atoms with Gasteiger partial charge < -0.3 is 13.9 Å². The van der Waals surface area contributed by atoms with Gasteiger partial charge in [-0.3, -0.25) is 20.4 Å². The Kier molecular flexibility index (Phi) is 7.28. The van der Waals surface area contributed by atoms with Crippen molar-refractivity contribution >= 4 is 23.6 Å². The van der Waals surface area contributed by atoms with Crippen molar-refractivity contribution in [2.45, 2.75) is 11.6 Å². The van der Waals surface area contributed by atoms with Gasteiger partial charge in [-0.25, -0.2) is 0 Å². The number of thioether (sulfide) groups is 1. The zero-order valence-electron chi connectivity index (χ0n) is 16.4. The summed E-state index contributed by atoms with van der Waals surface area (Å²) >= 11 is 1.08. The summed E-state index contributed by atoms with van der Waals surface area (Å²) in [7, 11) is 2.97. The lowest BCUT2D eigenvalue weighted by atomic mass is 10.2. The summed E-state index contributed by atoms with van der Waals surface area (Å²) in [5.74, 6) is 0.450. The smallest absolute Gasteiger partial charge is 0.277 e. The Morgan fingerprint density at radius 3 is 2.37 bits per heavy atom. The Labute approximate surface area is 177 Å². The standard InChI is InChI=1S/C20H20N4O5S/c1-27-15-9-14(10-16(11-15)28-2)19(26)23-21-17(25)12-30-20-24-22-18(29-20)8-13-6-4-3-5-7-13/h3-7,9-11H,8,12H2,1-2H3,(H,21,25)(H,23,26). The SMILES string of the molecule is COc1cc(OC)cc(C(=O)NNC(=O)CSc2nnc(Cc3ccccc3)o2)c1. The van der Waals surface area contributed by atoms with Crippen LogP contribution < -0.4 is 20.3 Å². The lowest BCUT2D eigenvalue weighted by molar-refractivity contribution is -0.119. The van der Waals surface area contributed by atoms with Gasteiger partial charge in [0.15, 0.2) is 0 Å². The van der Waals surface area contributed by atoms with Crippen molar-refractivity contribution in [3.8, 4) is 11.5 Å². The Hall–Kier alpha value is -3.53. The van der Waals surface area contributed by atoms with Crippen LogP contribution in [0.1, 0.15) is 21.8 Å². The summed E-state index contributed by atoms with van der Waals surface area (Å²) in [6, 6.07) is 14.4. The summed E-state index contributed by atoms with van der Waals surface area (Å²) in [6.45, 7) is 0. The Morgan fingerprint density at radius 2 is 1.70 bits per heavy atom. The van der Waals surface area contributed by atoms with E-state index in [4.69, 9.17) is 13.9 Å². The summed E-state index contributed by atoms with van der Waals surface area (Å²) in [4.78, 5) is 24.3. The first-order valence-corrected chi connectivity index (χ1v) is 9.87. The topological polar surface area (TPSA) is 116 Å². The van der Waals surface area contributed by atoms with Crippen molar-refractivity contribution in [1.82, 2.24) is 21.0 Å². The molecule has 2 aromatic carbocycles. The van der Waals surface area contributed by atoms with E-state index in [-0.39, 0.29) is 16.5 Å². The molecule has 156 valence electrons. The first-order valence-electron chi connectivity index (χ1n) is 8.88. The molecule has 0 fully saturated rings. The van der Waals surface area contributed by atoms with Crippen molar-refractivity contribution in [2.75, 3.05) is 20.0 Å². The number of hydrazine groups is 1. The maximum Gasteiger partial charge on any atom is 0.277 e. The van der Waals surface area contributed by atoms with Gasteiger partial charge in [0.1, 0.15) is 11.5 Å². The fourth-order valence-electron chi connectivity index (χ4n) is 2.44. The lowest BCUT2D eigenvalue weighted by Gasteiger charge is -2.09. The third-order valence-corrected chi connectivity index (χ3v) is 4.72. The van der Waals surface area contributed by atoms with E-state index in [1.54, 1.807) is 6.07 Å². The second-order valence-electron chi connectivity index (χ2n) is 6.02. The van der Waals surface area contributed by atoms with Gasteiger partial charge in [-0.1, -0.05) is 42.1 Å². The Balaban J connectivity index is 1.47. The Bertz CT molecular complexity index is 987. The van der Waals surface area contributed by atoms with Gasteiger partial charge >= 0.3 is 0 Å². The summed E-state index contributed by atoms with van der Waals surface area (Å²) in [5, 5.41) is 8.17. The van der Waals surface area contributed by atoms with Gasteiger partial charge in [0, 0.05) is 11.6 Å². The molecule has 2 N–H and O–H groups in total. The van der Waals surface area contributed by atoms with Crippen LogP contribution >= 0.6 is 11.8 Å². The zero-order chi connectivity index (χ0) is 21.3. The van der Waals surface area contributed by atoms with Crippen LogP contribution in [0.15, 0.2) is 58.2 Å². The van der Waals surface area contributed by atoms with Crippen LogP contribution in [-0.4, -0.2) is 42.0 Å². The quantitative estimate of drug-likeness (QED) is 0.415. The second kappa shape index (κ2) is 10.3.